The number of hydrogen-bond acceptors (Lipinski definition) is 3. The maximum absolute atomic E-state index is 11.9. The molecule has 0 bridgehead atoms. The van der Waals surface area contributed by atoms with Crippen molar-refractivity contribution in [2.24, 2.45) is 17.8 Å². The molecule has 0 heterocycles. The second-order valence-corrected chi connectivity index (χ2v) is 5.55. The Labute approximate surface area is 107 Å². The van der Waals surface area contributed by atoms with Crippen LogP contribution in [-0.4, -0.2) is 28.1 Å². The topological polar surface area (TPSA) is 74.6 Å². The molecular weight excluding hydrogens is 232 g/mol. The molecule has 0 aromatic rings. The van der Waals surface area contributed by atoms with Gasteiger partial charge >= 0.3 is 5.97 Å². The summed E-state index contributed by atoms with van der Waals surface area (Å²) in [6, 6.07) is 0. The predicted molar refractivity (Wildman–Crippen MR) is 66.0 cm³/mol. The van der Waals surface area contributed by atoms with Gasteiger partial charge < -0.3 is 10.2 Å². The van der Waals surface area contributed by atoms with E-state index in [-0.39, 0.29) is 30.1 Å². The van der Waals surface area contributed by atoms with Crippen molar-refractivity contribution >= 4 is 11.8 Å². The molecule has 18 heavy (non-hydrogen) atoms. The number of ketones is 1. The van der Waals surface area contributed by atoms with E-state index in [2.05, 4.69) is 0 Å². The highest BCUT2D eigenvalue weighted by Crippen LogP contribution is 2.43. The number of fused-ring (bicyclic) bond motifs is 1. The summed E-state index contributed by atoms with van der Waals surface area (Å²) >= 11 is 0. The van der Waals surface area contributed by atoms with Gasteiger partial charge in [-0.2, -0.15) is 0 Å². The van der Waals surface area contributed by atoms with Crippen LogP contribution in [0.5, 0.6) is 0 Å². The molecule has 2 aliphatic rings. The maximum Gasteiger partial charge on any atom is 0.303 e. The standard InChI is InChI=1S/C14H20O4/c1-8-11(4-5-14(17)18)12-3-2-10(15)6-9(12)7-13(8)16/h7-8,10-12,15H,2-6H2,1H3,(H,17,18). The third-order valence-corrected chi connectivity index (χ3v) is 4.39. The molecule has 4 nitrogen and oxygen atoms in total. The molecule has 1 saturated carbocycles. The zero-order valence-corrected chi connectivity index (χ0v) is 10.6. The molecule has 2 aliphatic carbocycles. The van der Waals surface area contributed by atoms with Crippen molar-refractivity contribution < 1.29 is 19.8 Å². The average molecular weight is 252 g/mol. The zero-order valence-electron chi connectivity index (χ0n) is 10.6. The Kier molecular flexibility index (Phi) is 3.85. The van der Waals surface area contributed by atoms with Gasteiger partial charge in [0.05, 0.1) is 6.10 Å². The smallest absolute Gasteiger partial charge is 0.303 e. The lowest BCUT2D eigenvalue weighted by Gasteiger charge is -2.40. The number of hydrogen-bond donors (Lipinski definition) is 2. The Hall–Kier alpha value is -1.16. The zero-order chi connectivity index (χ0) is 13.3. The number of allylic oxidation sites excluding steroid dienone is 1. The predicted octanol–water partition coefficient (Wildman–Crippen LogP) is 1.77. The maximum atomic E-state index is 11.9. The van der Waals surface area contributed by atoms with Gasteiger partial charge in [0.15, 0.2) is 5.78 Å². The molecule has 2 N–H and O–H groups in total. The summed E-state index contributed by atoms with van der Waals surface area (Å²) in [6.07, 6.45) is 4.23. The Morgan fingerprint density at radius 2 is 2.17 bits per heavy atom. The van der Waals surface area contributed by atoms with Gasteiger partial charge in [-0.25, -0.2) is 0 Å². The van der Waals surface area contributed by atoms with Crippen LogP contribution in [-0.2, 0) is 9.59 Å². The fourth-order valence-corrected chi connectivity index (χ4v) is 3.35. The molecule has 0 saturated heterocycles. The fourth-order valence-electron chi connectivity index (χ4n) is 3.35. The summed E-state index contributed by atoms with van der Waals surface area (Å²) in [6.45, 7) is 1.90. The normalized spacial score (nSPS) is 35.9. The number of carbonyl (C=O) groups excluding carboxylic acids is 1. The van der Waals surface area contributed by atoms with E-state index in [4.69, 9.17) is 5.11 Å². The van der Waals surface area contributed by atoms with Crippen LogP contribution in [0, 0.1) is 17.8 Å². The highest BCUT2D eigenvalue weighted by Gasteiger charge is 2.39. The lowest BCUT2D eigenvalue weighted by atomic mass is 9.65. The minimum Gasteiger partial charge on any atom is -0.481 e. The summed E-state index contributed by atoms with van der Waals surface area (Å²) in [5.41, 5.74) is 1.03. The number of carboxylic acids is 1. The highest BCUT2D eigenvalue weighted by atomic mass is 16.4. The third kappa shape index (κ3) is 2.64. The summed E-state index contributed by atoms with van der Waals surface area (Å²) in [4.78, 5) is 22.6. The van der Waals surface area contributed by atoms with Gasteiger partial charge in [-0.3, -0.25) is 9.59 Å². The Balaban J connectivity index is 2.15. The molecule has 4 unspecified atom stereocenters. The summed E-state index contributed by atoms with van der Waals surface area (Å²) in [5, 5.41) is 18.5. The first-order chi connectivity index (χ1) is 8.49. The third-order valence-electron chi connectivity index (χ3n) is 4.39. The largest absolute Gasteiger partial charge is 0.481 e. The molecule has 0 aromatic heterocycles. The number of rotatable bonds is 3. The first kappa shape index (κ1) is 13.3. The summed E-state index contributed by atoms with van der Waals surface area (Å²) in [7, 11) is 0. The van der Waals surface area contributed by atoms with Crippen molar-refractivity contribution in [2.45, 2.75) is 45.1 Å². The van der Waals surface area contributed by atoms with Crippen molar-refractivity contribution in [2.75, 3.05) is 0 Å². The second kappa shape index (κ2) is 5.22. The quantitative estimate of drug-likeness (QED) is 0.802. The highest BCUT2D eigenvalue weighted by molar-refractivity contribution is 5.93. The number of carboxylic acid groups (broad SMARTS) is 1. The van der Waals surface area contributed by atoms with Gasteiger partial charge in [-0.1, -0.05) is 12.5 Å². The number of aliphatic hydroxyl groups excluding tert-OH is 1. The van der Waals surface area contributed by atoms with E-state index in [0.29, 0.717) is 18.8 Å². The van der Waals surface area contributed by atoms with Gasteiger partial charge in [0.1, 0.15) is 0 Å². The SMILES string of the molecule is CC1C(=O)C=C2CC(O)CCC2C1CCC(=O)O. The Morgan fingerprint density at radius 1 is 1.44 bits per heavy atom. The number of aliphatic hydroxyl groups is 1. The molecule has 4 heteroatoms. The molecule has 0 amide bonds. The van der Waals surface area contributed by atoms with Crippen molar-refractivity contribution in [1.29, 1.82) is 0 Å². The molecule has 4 atom stereocenters. The molecule has 0 radical (unpaired) electrons. The van der Waals surface area contributed by atoms with Crippen molar-refractivity contribution in [1.82, 2.24) is 0 Å². The number of aliphatic carboxylic acids is 1. The van der Waals surface area contributed by atoms with E-state index in [1.165, 1.54) is 0 Å². The van der Waals surface area contributed by atoms with Gasteiger partial charge in [0.2, 0.25) is 0 Å². The van der Waals surface area contributed by atoms with Gasteiger partial charge in [0.25, 0.3) is 0 Å². The van der Waals surface area contributed by atoms with E-state index < -0.39 is 5.97 Å². The van der Waals surface area contributed by atoms with Gasteiger partial charge in [-0.15, -0.1) is 0 Å². The second-order valence-electron chi connectivity index (χ2n) is 5.55. The molecular formula is C14H20O4. The van der Waals surface area contributed by atoms with Crippen LogP contribution in [0.2, 0.25) is 0 Å². The molecule has 2 rings (SSSR count). The van der Waals surface area contributed by atoms with E-state index in [9.17, 15) is 14.7 Å². The van der Waals surface area contributed by atoms with E-state index in [1.54, 1.807) is 6.08 Å². The van der Waals surface area contributed by atoms with Crippen LogP contribution < -0.4 is 0 Å². The van der Waals surface area contributed by atoms with E-state index in [0.717, 1.165) is 18.4 Å². The first-order valence-corrected chi connectivity index (χ1v) is 6.63. The average Bonchev–Trinajstić information content (AvgIpc) is 2.29. The van der Waals surface area contributed by atoms with Crippen LogP contribution in [0.4, 0.5) is 0 Å². The van der Waals surface area contributed by atoms with Gasteiger partial charge in [0, 0.05) is 12.3 Å². The van der Waals surface area contributed by atoms with Crippen LogP contribution in [0.25, 0.3) is 0 Å². The van der Waals surface area contributed by atoms with E-state index in [1.807, 2.05) is 6.92 Å². The first-order valence-electron chi connectivity index (χ1n) is 6.63. The Morgan fingerprint density at radius 3 is 2.83 bits per heavy atom. The van der Waals surface area contributed by atoms with Crippen molar-refractivity contribution in [3.63, 3.8) is 0 Å². The van der Waals surface area contributed by atoms with Crippen LogP contribution in [0.15, 0.2) is 11.6 Å². The molecule has 0 aromatic carbocycles. The minimum absolute atomic E-state index is 0.0886. The van der Waals surface area contributed by atoms with Gasteiger partial charge in [-0.05, 0) is 43.6 Å². The summed E-state index contributed by atoms with van der Waals surface area (Å²) in [5.74, 6) is -0.387. The lowest BCUT2D eigenvalue weighted by molar-refractivity contribution is -0.138. The molecule has 100 valence electrons. The van der Waals surface area contributed by atoms with E-state index >= 15 is 0 Å². The fraction of sp³-hybridized carbons (Fsp3) is 0.714. The molecule has 1 fully saturated rings. The summed E-state index contributed by atoms with van der Waals surface area (Å²) < 4.78 is 0. The van der Waals surface area contributed by atoms with Crippen molar-refractivity contribution in [3.8, 4) is 0 Å². The lowest BCUT2D eigenvalue weighted by Crippen LogP contribution is -2.37. The van der Waals surface area contributed by atoms with Crippen LogP contribution in [0.3, 0.4) is 0 Å². The molecule has 0 spiro atoms. The monoisotopic (exact) mass is 252 g/mol. The van der Waals surface area contributed by atoms with Crippen LogP contribution in [0.1, 0.15) is 39.0 Å². The molecule has 0 aliphatic heterocycles. The Bertz CT molecular complexity index is 385. The van der Waals surface area contributed by atoms with Crippen molar-refractivity contribution in [3.05, 3.63) is 11.6 Å². The van der Waals surface area contributed by atoms with Crippen LogP contribution >= 0.6 is 0 Å². The minimum atomic E-state index is -0.804. The number of carbonyl (C=O) groups is 2.